The number of methoxy groups -OCH3 is 3. The van der Waals surface area contributed by atoms with Crippen LogP contribution in [-0.4, -0.2) is 52.5 Å². The third kappa shape index (κ3) is 4.93. The van der Waals surface area contributed by atoms with Crippen molar-refractivity contribution < 1.29 is 35.9 Å². The summed E-state index contributed by atoms with van der Waals surface area (Å²) < 4.78 is 29.5. The van der Waals surface area contributed by atoms with Crippen LogP contribution in [0.25, 0.3) is 0 Å². The summed E-state index contributed by atoms with van der Waals surface area (Å²) in [7, 11) is 4.85. The number of nitrogens with one attached hydrogen (secondary N) is 1. The molecule has 1 N–H and O–H groups in total. The van der Waals surface area contributed by atoms with Crippen molar-refractivity contribution in [1.29, 1.82) is 0 Å². The Hall–Kier alpha value is -2.25. The van der Waals surface area contributed by atoms with Crippen LogP contribution < -0.4 is 36.4 Å². The molecule has 0 unspecified atom stereocenters. The van der Waals surface area contributed by atoms with Crippen LogP contribution in [0.1, 0.15) is 5.56 Å². The predicted octanol–water partition coefficient (Wildman–Crippen LogP) is -1.84. The highest BCUT2D eigenvalue weighted by molar-refractivity contribution is 5.53. The van der Waals surface area contributed by atoms with Crippen LogP contribution in [0.4, 0.5) is 10.2 Å². The maximum Gasteiger partial charge on any atom is 0.214 e. The Morgan fingerprint density at radius 1 is 1.04 bits per heavy atom. The average Bonchev–Trinajstić information content (AvgIpc) is 2.67. The fourth-order valence-corrected chi connectivity index (χ4v) is 3.33. The molecule has 0 saturated carbocycles. The molecule has 0 atom stereocenters. The van der Waals surface area contributed by atoms with Gasteiger partial charge in [0.2, 0.25) is 11.7 Å². The molecular weight excluding hydrogens is 373 g/mol. The van der Waals surface area contributed by atoms with Gasteiger partial charge in [0.15, 0.2) is 11.5 Å². The number of nitrogens with zero attached hydrogens (tertiary/aromatic N) is 2. The Morgan fingerprint density at radius 3 is 2.19 bits per heavy atom. The maximum absolute atomic E-state index is 13.3. The zero-order chi connectivity index (χ0) is 18.5. The van der Waals surface area contributed by atoms with Gasteiger partial charge in [-0.2, -0.15) is 4.39 Å². The Balaban J connectivity index is 0.00000261. The molecule has 8 heteroatoms. The van der Waals surface area contributed by atoms with Gasteiger partial charge in [-0.3, -0.25) is 0 Å². The van der Waals surface area contributed by atoms with Crippen LogP contribution in [-0.2, 0) is 6.54 Å². The second-order valence-corrected chi connectivity index (χ2v) is 6.27. The first-order valence-corrected chi connectivity index (χ1v) is 8.64. The molecule has 0 radical (unpaired) electrons. The highest BCUT2D eigenvalue weighted by Gasteiger charge is 2.22. The third-order valence-electron chi connectivity index (χ3n) is 4.67. The highest BCUT2D eigenvalue weighted by Crippen LogP contribution is 2.38. The molecule has 27 heavy (non-hydrogen) atoms. The van der Waals surface area contributed by atoms with Gasteiger partial charge >= 0.3 is 0 Å². The number of hydrogen-bond acceptors (Lipinski definition) is 5. The first-order chi connectivity index (χ1) is 12.6. The van der Waals surface area contributed by atoms with E-state index in [-0.39, 0.29) is 12.4 Å². The van der Waals surface area contributed by atoms with Crippen LogP contribution in [0, 0.1) is 5.95 Å². The van der Waals surface area contributed by atoms with E-state index in [1.54, 1.807) is 27.4 Å². The van der Waals surface area contributed by atoms with Crippen LogP contribution in [0.2, 0.25) is 0 Å². The Labute approximate surface area is 165 Å². The molecule has 0 bridgehead atoms. The van der Waals surface area contributed by atoms with E-state index < -0.39 is 5.95 Å². The van der Waals surface area contributed by atoms with E-state index in [2.05, 4.69) is 9.88 Å². The van der Waals surface area contributed by atoms with Crippen LogP contribution in [0.3, 0.4) is 0 Å². The van der Waals surface area contributed by atoms with Gasteiger partial charge in [0.1, 0.15) is 12.4 Å². The molecule has 1 fully saturated rings. The number of aromatic nitrogens is 1. The van der Waals surface area contributed by atoms with E-state index >= 15 is 0 Å². The van der Waals surface area contributed by atoms with Crippen molar-refractivity contribution in [3.63, 3.8) is 0 Å². The molecule has 1 aromatic carbocycles. The second-order valence-electron chi connectivity index (χ2n) is 6.27. The molecule has 1 aliphatic rings. The summed E-state index contributed by atoms with van der Waals surface area (Å²) in [4.78, 5) is 7.55. The fraction of sp³-hybridized carbons (Fsp3) is 0.421. The Morgan fingerprint density at radius 2 is 1.67 bits per heavy atom. The summed E-state index contributed by atoms with van der Waals surface area (Å²) in [6, 6.07) is 8.92. The van der Waals surface area contributed by atoms with Crippen molar-refractivity contribution in [3.8, 4) is 17.2 Å². The maximum atomic E-state index is 13.3. The number of halogens is 2. The SMILES string of the molecule is COc1cc(C[NH+]2CCN(c3cccc(F)n3)CC2)cc(OC)c1OC.[Cl-]. The second kappa shape index (κ2) is 9.62. The highest BCUT2D eigenvalue weighted by atomic mass is 35.5. The number of ether oxygens (including phenoxy) is 3. The standard InChI is InChI=1S/C19H24FN3O3.ClH/c1-24-15-11-14(12-16(25-2)19(15)26-3)13-22-7-9-23(10-8-22)18-6-4-5-17(20)21-18;/h4-6,11-12H,7-10,13H2,1-3H3;1H. The summed E-state index contributed by atoms with van der Waals surface area (Å²) in [6.07, 6.45) is 0. The lowest BCUT2D eigenvalue weighted by Crippen LogP contribution is -3.13. The number of anilines is 1. The molecule has 0 aliphatic carbocycles. The summed E-state index contributed by atoms with van der Waals surface area (Å²) in [6.45, 7) is 4.46. The van der Waals surface area contributed by atoms with Gasteiger partial charge < -0.3 is 36.4 Å². The molecule has 148 valence electrons. The molecule has 1 aliphatic heterocycles. The minimum absolute atomic E-state index is 0. The largest absolute Gasteiger partial charge is 1.00 e. The van der Waals surface area contributed by atoms with Gasteiger partial charge in [-0.1, -0.05) is 6.07 Å². The smallest absolute Gasteiger partial charge is 0.214 e. The molecule has 0 spiro atoms. The van der Waals surface area contributed by atoms with Crippen molar-refractivity contribution in [1.82, 2.24) is 4.98 Å². The van der Waals surface area contributed by atoms with Gasteiger partial charge in [0, 0.05) is 5.56 Å². The van der Waals surface area contributed by atoms with E-state index in [4.69, 9.17) is 14.2 Å². The number of pyridine rings is 1. The van der Waals surface area contributed by atoms with Gasteiger partial charge in [-0.05, 0) is 24.3 Å². The number of hydrogen-bond donors (Lipinski definition) is 1. The van der Waals surface area contributed by atoms with Crippen molar-refractivity contribution in [2.45, 2.75) is 6.54 Å². The number of benzene rings is 1. The van der Waals surface area contributed by atoms with Crippen molar-refractivity contribution >= 4 is 5.82 Å². The minimum atomic E-state index is -0.435. The van der Waals surface area contributed by atoms with Gasteiger partial charge in [-0.25, -0.2) is 4.98 Å². The average molecular weight is 398 g/mol. The Kier molecular flexibility index (Phi) is 7.50. The summed E-state index contributed by atoms with van der Waals surface area (Å²) in [5, 5.41) is 0. The van der Waals surface area contributed by atoms with Crippen LogP contribution in [0.15, 0.2) is 30.3 Å². The summed E-state index contributed by atoms with van der Waals surface area (Å²) in [5.74, 6) is 2.22. The summed E-state index contributed by atoms with van der Waals surface area (Å²) in [5.41, 5.74) is 1.13. The topological polar surface area (TPSA) is 48.3 Å². The van der Waals surface area contributed by atoms with Crippen molar-refractivity contribution in [2.24, 2.45) is 0 Å². The lowest BCUT2D eigenvalue weighted by atomic mass is 10.1. The zero-order valence-corrected chi connectivity index (χ0v) is 16.6. The third-order valence-corrected chi connectivity index (χ3v) is 4.67. The number of rotatable bonds is 6. The molecule has 2 heterocycles. The van der Waals surface area contributed by atoms with Crippen LogP contribution in [0.5, 0.6) is 17.2 Å². The normalized spacial score (nSPS) is 14.4. The van der Waals surface area contributed by atoms with Gasteiger partial charge in [0.05, 0.1) is 47.5 Å². The molecule has 1 saturated heterocycles. The van der Waals surface area contributed by atoms with Crippen LogP contribution >= 0.6 is 0 Å². The quantitative estimate of drug-likeness (QED) is 0.580. The number of piperazine rings is 1. The Bertz CT molecular complexity index is 730. The van der Waals surface area contributed by atoms with E-state index in [9.17, 15) is 4.39 Å². The molecular formula is C19H25ClFN3O3. The first-order valence-electron chi connectivity index (χ1n) is 8.64. The zero-order valence-electron chi connectivity index (χ0n) is 15.8. The van der Waals surface area contributed by atoms with E-state index in [0.29, 0.717) is 23.1 Å². The molecule has 3 rings (SSSR count). The van der Waals surface area contributed by atoms with Crippen molar-refractivity contribution in [2.75, 3.05) is 52.4 Å². The van der Waals surface area contributed by atoms with E-state index in [1.807, 2.05) is 18.2 Å². The van der Waals surface area contributed by atoms with Gasteiger partial charge in [0.25, 0.3) is 0 Å². The monoisotopic (exact) mass is 397 g/mol. The fourth-order valence-electron chi connectivity index (χ4n) is 3.33. The lowest BCUT2D eigenvalue weighted by Gasteiger charge is -2.33. The summed E-state index contributed by atoms with van der Waals surface area (Å²) >= 11 is 0. The van der Waals surface area contributed by atoms with Crippen molar-refractivity contribution in [3.05, 3.63) is 41.8 Å². The molecule has 6 nitrogen and oxygen atoms in total. The molecule has 0 amide bonds. The molecule has 1 aromatic heterocycles. The predicted molar refractivity (Wildman–Crippen MR) is 96.9 cm³/mol. The number of quaternary nitrogens is 1. The van der Waals surface area contributed by atoms with E-state index in [0.717, 1.165) is 38.3 Å². The molecule has 2 aromatic rings. The minimum Gasteiger partial charge on any atom is -1.00 e. The lowest BCUT2D eigenvalue weighted by molar-refractivity contribution is -0.914. The first kappa shape index (κ1) is 21.1. The van der Waals surface area contributed by atoms with E-state index in [1.165, 1.54) is 11.0 Å². The van der Waals surface area contributed by atoms with Gasteiger partial charge in [-0.15, -0.1) is 0 Å².